The number of hydrogen-bond acceptors (Lipinski definition) is 5. The number of benzene rings is 1. The van der Waals surface area contributed by atoms with Crippen LogP contribution in [-0.2, 0) is 9.84 Å². The Bertz CT molecular complexity index is 919. The molecule has 0 aliphatic rings. The predicted molar refractivity (Wildman–Crippen MR) is 84.2 cm³/mol. The van der Waals surface area contributed by atoms with E-state index in [2.05, 4.69) is 10.1 Å². The van der Waals surface area contributed by atoms with Crippen molar-refractivity contribution >= 4 is 15.6 Å². The zero-order chi connectivity index (χ0) is 16.3. The minimum Gasteiger partial charge on any atom is -0.293 e. The summed E-state index contributed by atoms with van der Waals surface area (Å²) in [5.74, 6) is -1.08. The molecular weight excluding hydrogens is 314 g/mol. The van der Waals surface area contributed by atoms with E-state index in [-0.39, 0.29) is 10.5 Å². The molecule has 0 saturated heterocycles. The van der Waals surface area contributed by atoms with Crippen molar-refractivity contribution in [2.45, 2.75) is 4.90 Å². The van der Waals surface area contributed by atoms with Gasteiger partial charge < -0.3 is 0 Å². The summed E-state index contributed by atoms with van der Waals surface area (Å²) in [6, 6.07) is 11.4. The van der Waals surface area contributed by atoms with Crippen LogP contribution in [0, 0.1) is 0 Å². The second-order valence-electron chi connectivity index (χ2n) is 4.88. The summed E-state index contributed by atoms with van der Waals surface area (Å²) in [7, 11) is -3.66. The largest absolute Gasteiger partial charge is 0.293 e. The number of pyridine rings is 1. The third-order valence-electron chi connectivity index (χ3n) is 3.24. The van der Waals surface area contributed by atoms with Crippen molar-refractivity contribution in [1.29, 1.82) is 0 Å². The Kier molecular flexibility index (Phi) is 4.03. The molecule has 0 unspecified atom stereocenters. The van der Waals surface area contributed by atoms with E-state index in [0.29, 0.717) is 5.69 Å². The molecule has 2 heterocycles. The number of ketones is 1. The molecule has 116 valence electrons. The molecular formula is C16H13N3O3S. The van der Waals surface area contributed by atoms with Crippen LogP contribution in [0.3, 0.4) is 0 Å². The van der Waals surface area contributed by atoms with Crippen molar-refractivity contribution in [2.75, 3.05) is 5.75 Å². The van der Waals surface area contributed by atoms with E-state index < -0.39 is 21.4 Å². The van der Waals surface area contributed by atoms with Crippen LogP contribution in [0.1, 0.15) is 10.4 Å². The van der Waals surface area contributed by atoms with Crippen LogP contribution in [0.25, 0.3) is 5.69 Å². The molecule has 2 aromatic heterocycles. The first kappa shape index (κ1) is 15.1. The summed E-state index contributed by atoms with van der Waals surface area (Å²) in [5.41, 5.74) is 0.936. The molecule has 0 saturated carbocycles. The van der Waals surface area contributed by atoms with Gasteiger partial charge in [0.2, 0.25) is 0 Å². The first-order valence-electron chi connectivity index (χ1n) is 6.82. The van der Waals surface area contributed by atoms with E-state index in [0.717, 1.165) is 0 Å². The topological polar surface area (TPSA) is 81.9 Å². The van der Waals surface area contributed by atoms with Crippen molar-refractivity contribution in [3.05, 3.63) is 72.8 Å². The number of nitrogens with zero attached hydrogens (tertiary/aromatic N) is 3. The average Bonchev–Trinajstić information content (AvgIpc) is 3.06. The van der Waals surface area contributed by atoms with E-state index in [4.69, 9.17) is 0 Å². The summed E-state index contributed by atoms with van der Waals surface area (Å²) < 4.78 is 26.0. The summed E-state index contributed by atoms with van der Waals surface area (Å²) >= 11 is 0. The zero-order valence-electron chi connectivity index (χ0n) is 12.0. The molecule has 3 rings (SSSR count). The minimum absolute atomic E-state index is 0.132. The SMILES string of the molecule is O=C(CS(=O)(=O)c1ccccc1)c1cnn(-c2cccnc2)c1. The van der Waals surface area contributed by atoms with E-state index >= 15 is 0 Å². The lowest BCUT2D eigenvalue weighted by Gasteiger charge is -2.02. The minimum atomic E-state index is -3.66. The van der Waals surface area contributed by atoms with Gasteiger partial charge in [0.05, 0.1) is 28.5 Å². The van der Waals surface area contributed by atoms with Gasteiger partial charge in [0, 0.05) is 12.4 Å². The van der Waals surface area contributed by atoms with Gasteiger partial charge >= 0.3 is 0 Å². The van der Waals surface area contributed by atoms with Crippen LogP contribution in [0.5, 0.6) is 0 Å². The molecule has 0 N–H and O–H groups in total. The smallest absolute Gasteiger partial charge is 0.185 e. The van der Waals surface area contributed by atoms with Crippen molar-refractivity contribution in [2.24, 2.45) is 0 Å². The predicted octanol–water partition coefficient (Wildman–Crippen LogP) is 1.92. The first-order valence-corrected chi connectivity index (χ1v) is 8.47. The molecule has 0 aliphatic heterocycles. The van der Waals surface area contributed by atoms with Gasteiger partial charge in [0.25, 0.3) is 0 Å². The van der Waals surface area contributed by atoms with Crippen LogP contribution in [0.2, 0.25) is 0 Å². The Morgan fingerprint density at radius 3 is 2.52 bits per heavy atom. The Hall–Kier alpha value is -2.80. The molecule has 0 bridgehead atoms. The molecule has 0 fully saturated rings. The molecule has 7 heteroatoms. The molecule has 1 aromatic carbocycles. The van der Waals surface area contributed by atoms with Crippen molar-refractivity contribution in [3.63, 3.8) is 0 Å². The lowest BCUT2D eigenvalue weighted by Crippen LogP contribution is -2.16. The highest BCUT2D eigenvalue weighted by Crippen LogP contribution is 2.13. The fourth-order valence-electron chi connectivity index (χ4n) is 2.06. The van der Waals surface area contributed by atoms with Crippen LogP contribution in [0.4, 0.5) is 0 Å². The van der Waals surface area contributed by atoms with Gasteiger partial charge in [-0.05, 0) is 24.3 Å². The van der Waals surface area contributed by atoms with Gasteiger partial charge in [-0.15, -0.1) is 0 Å². The summed E-state index contributed by atoms with van der Waals surface area (Å²) in [6.07, 6.45) is 6.09. The fourth-order valence-corrected chi connectivity index (χ4v) is 3.31. The lowest BCUT2D eigenvalue weighted by atomic mass is 10.3. The number of Topliss-reactive ketones (excluding diaryl/α,β-unsaturated/α-hetero) is 1. The molecule has 6 nitrogen and oxygen atoms in total. The third kappa shape index (κ3) is 3.35. The van der Waals surface area contributed by atoms with Crippen molar-refractivity contribution < 1.29 is 13.2 Å². The van der Waals surface area contributed by atoms with Crippen LogP contribution >= 0.6 is 0 Å². The summed E-state index contributed by atoms with van der Waals surface area (Å²) in [5, 5.41) is 4.07. The maximum atomic E-state index is 12.2. The number of carbonyl (C=O) groups excluding carboxylic acids is 1. The van der Waals surface area contributed by atoms with E-state index in [1.165, 1.54) is 29.2 Å². The van der Waals surface area contributed by atoms with Crippen LogP contribution in [0.15, 0.2) is 72.1 Å². The Morgan fingerprint density at radius 2 is 1.83 bits per heavy atom. The highest BCUT2D eigenvalue weighted by atomic mass is 32.2. The van der Waals surface area contributed by atoms with Gasteiger partial charge in [0.1, 0.15) is 5.75 Å². The average molecular weight is 327 g/mol. The maximum absolute atomic E-state index is 12.2. The molecule has 0 aliphatic carbocycles. The standard InChI is InChI=1S/C16H13N3O3S/c20-16(12-23(21,22)15-6-2-1-3-7-15)13-9-18-19(11-13)14-5-4-8-17-10-14/h1-11H,12H2. The first-order chi connectivity index (χ1) is 11.1. The summed E-state index contributed by atoms with van der Waals surface area (Å²) in [6.45, 7) is 0. The normalized spacial score (nSPS) is 11.3. The lowest BCUT2D eigenvalue weighted by molar-refractivity contribution is 0.102. The molecule has 0 spiro atoms. The Balaban J connectivity index is 1.81. The van der Waals surface area contributed by atoms with E-state index in [9.17, 15) is 13.2 Å². The van der Waals surface area contributed by atoms with Gasteiger partial charge in [-0.3, -0.25) is 9.78 Å². The van der Waals surface area contributed by atoms with Gasteiger partial charge in [-0.25, -0.2) is 13.1 Å². The van der Waals surface area contributed by atoms with E-state index in [1.54, 1.807) is 42.7 Å². The van der Waals surface area contributed by atoms with Gasteiger partial charge in [0.15, 0.2) is 15.6 Å². The van der Waals surface area contributed by atoms with Crippen molar-refractivity contribution in [1.82, 2.24) is 14.8 Å². The van der Waals surface area contributed by atoms with Gasteiger partial charge in [-0.1, -0.05) is 18.2 Å². The highest BCUT2D eigenvalue weighted by Gasteiger charge is 2.21. The fraction of sp³-hybridized carbons (Fsp3) is 0.0625. The Labute approximate surface area is 133 Å². The number of aromatic nitrogens is 3. The zero-order valence-corrected chi connectivity index (χ0v) is 12.8. The number of carbonyl (C=O) groups is 1. The van der Waals surface area contributed by atoms with Crippen LogP contribution in [-0.4, -0.2) is 34.7 Å². The summed E-state index contributed by atoms with van der Waals surface area (Å²) in [4.78, 5) is 16.3. The Morgan fingerprint density at radius 1 is 1.04 bits per heavy atom. The monoisotopic (exact) mass is 327 g/mol. The molecule has 0 atom stereocenters. The highest BCUT2D eigenvalue weighted by molar-refractivity contribution is 7.92. The molecule has 0 amide bonds. The molecule has 3 aromatic rings. The van der Waals surface area contributed by atoms with Gasteiger partial charge in [-0.2, -0.15) is 5.10 Å². The molecule has 23 heavy (non-hydrogen) atoms. The third-order valence-corrected chi connectivity index (χ3v) is 4.87. The van der Waals surface area contributed by atoms with Crippen molar-refractivity contribution in [3.8, 4) is 5.69 Å². The second-order valence-corrected chi connectivity index (χ2v) is 6.87. The van der Waals surface area contributed by atoms with E-state index in [1.807, 2.05) is 0 Å². The number of sulfone groups is 1. The quantitative estimate of drug-likeness (QED) is 0.669. The maximum Gasteiger partial charge on any atom is 0.185 e. The van der Waals surface area contributed by atoms with Crippen LogP contribution < -0.4 is 0 Å². The number of hydrogen-bond donors (Lipinski definition) is 0. The number of rotatable bonds is 5. The second kappa shape index (κ2) is 6.13. The molecule has 0 radical (unpaired) electrons.